The molecule has 1 heterocycles. The van der Waals surface area contributed by atoms with Gasteiger partial charge in [-0.05, 0) is 36.4 Å². The molecular formula is C23H20ClN3O5. The van der Waals surface area contributed by atoms with Crippen molar-refractivity contribution < 1.29 is 19.2 Å². The highest BCUT2D eigenvalue weighted by Crippen LogP contribution is 2.34. The third kappa shape index (κ3) is 4.82. The predicted molar refractivity (Wildman–Crippen MR) is 122 cm³/mol. The summed E-state index contributed by atoms with van der Waals surface area (Å²) in [4.78, 5) is 26.0. The summed E-state index contributed by atoms with van der Waals surface area (Å²) in [5.74, 6) is 0.353. The van der Waals surface area contributed by atoms with Gasteiger partial charge >= 0.3 is 0 Å². The summed E-state index contributed by atoms with van der Waals surface area (Å²) < 4.78 is 11.2. The second-order valence-corrected chi connectivity index (χ2v) is 7.45. The number of nitrogens with zero attached hydrogens (tertiary/aromatic N) is 2. The van der Waals surface area contributed by atoms with Gasteiger partial charge in [-0.2, -0.15) is 0 Å². The number of halogens is 1. The maximum atomic E-state index is 12.9. The Bertz CT molecular complexity index is 1150. The van der Waals surface area contributed by atoms with Gasteiger partial charge < -0.3 is 19.7 Å². The van der Waals surface area contributed by atoms with Gasteiger partial charge in [-0.15, -0.1) is 0 Å². The molecule has 8 nitrogen and oxygen atoms in total. The summed E-state index contributed by atoms with van der Waals surface area (Å²) in [6.45, 7) is 2.11. The van der Waals surface area contributed by atoms with Crippen LogP contribution in [0.1, 0.15) is 10.4 Å². The summed E-state index contributed by atoms with van der Waals surface area (Å²) in [7, 11) is 0. The first-order valence-electron chi connectivity index (χ1n) is 9.97. The van der Waals surface area contributed by atoms with E-state index in [4.69, 9.17) is 21.1 Å². The molecule has 1 N–H and O–H groups in total. The molecule has 0 atom stereocenters. The fraction of sp³-hybridized carbons (Fsp3) is 0.174. The number of rotatable bonds is 6. The van der Waals surface area contributed by atoms with Crippen LogP contribution in [-0.4, -0.2) is 37.1 Å². The molecule has 0 unspecified atom stereocenters. The lowest BCUT2D eigenvalue weighted by Crippen LogP contribution is -2.36. The SMILES string of the molecule is O=C(Nc1ccccc1Oc1ccccc1Cl)c1ccc(N2CCOCC2)c([N+](=O)[O-])c1. The van der Waals surface area contributed by atoms with E-state index in [1.807, 2.05) is 4.90 Å². The maximum Gasteiger partial charge on any atom is 0.293 e. The molecular weight excluding hydrogens is 434 g/mol. The molecule has 1 amide bonds. The third-order valence-electron chi connectivity index (χ3n) is 4.98. The van der Waals surface area contributed by atoms with Crippen molar-refractivity contribution in [1.29, 1.82) is 0 Å². The zero-order valence-corrected chi connectivity index (χ0v) is 17.7. The number of anilines is 2. The number of carbonyl (C=O) groups is 1. The highest BCUT2D eigenvalue weighted by molar-refractivity contribution is 6.32. The topological polar surface area (TPSA) is 93.9 Å². The van der Waals surface area contributed by atoms with Gasteiger partial charge in [0.1, 0.15) is 11.4 Å². The zero-order valence-electron chi connectivity index (χ0n) is 17.0. The number of nitro benzene ring substituents is 1. The summed E-state index contributed by atoms with van der Waals surface area (Å²) in [5, 5.41) is 14.9. The number of carbonyl (C=O) groups excluding carboxylic acids is 1. The monoisotopic (exact) mass is 453 g/mol. The lowest BCUT2D eigenvalue weighted by molar-refractivity contribution is -0.384. The van der Waals surface area contributed by atoms with Crippen molar-refractivity contribution in [2.24, 2.45) is 0 Å². The van der Waals surface area contributed by atoms with E-state index in [9.17, 15) is 14.9 Å². The highest BCUT2D eigenvalue weighted by Gasteiger charge is 2.23. The molecule has 0 aliphatic carbocycles. The molecule has 0 bridgehead atoms. The first-order chi connectivity index (χ1) is 15.5. The Morgan fingerprint density at radius 3 is 2.44 bits per heavy atom. The third-order valence-corrected chi connectivity index (χ3v) is 5.29. The number of amides is 1. The average molecular weight is 454 g/mol. The second kappa shape index (κ2) is 9.67. The molecule has 3 aromatic rings. The van der Waals surface area contributed by atoms with E-state index in [-0.39, 0.29) is 11.3 Å². The van der Waals surface area contributed by atoms with Crippen LogP contribution in [0.4, 0.5) is 17.1 Å². The average Bonchev–Trinajstić information content (AvgIpc) is 2.82. The number of ether oxygens (including phenoxy) is 2. The number of hydrogen-bond acceptors (Lipinski definition) is 6. The van der Waals surface area contributed by atoms with Crippen molar-refractivity contribution >= 4 is 34.6 Å². The minimum absolute atomic E-state index is 0.125. The summed E-state index contributed by atoms with van der Waals surface area (Å²) >= 11 is 6.17. The molecule has 4 rings (SSSR count). The minimum Gasteiger partial charge on any atom is -0.454 e. The summed E-state index contributed by atoms with van der Waals surface area (Å²) in [5.41, 5.74) is 0.927. The molecule has 0 saturated carbocycles. The largest absolute Gasteiger partial charge is 0.454 e. The molecule has 32 heavy (non-hydrogen) atoms. The molecule has 0 radical (unpaired) electrons. The number of para-hydroxylation sites is 3. The van der Waals surface area contributed by atoms with Gasteiger partial charge in [0.2, 0.25) is 0 Å². The van der Waals surface area contributed by atoms with E-state index in [0.29, 0.717) is 54.2 Å². The van der Waals surface area contributed by atoms with Crippen LogP contribution in [0.15, 0.2) is 66.7 Å². The van der Waals surface area contributed by atoms with E-state index in [2.05, 4.69) is 5.32 Å². The Hall–Kier alpha value is -3.62. The van der Waals surface area contributed by atoms with Crippen LogP contribution >= 0.6 is 11.6 Å². The van der Waals surface area contributed by atoms with E-state index in [1.54, 1.807) is 60.7 Å². The van der Waals surface area contributed by atoms with Crippen molar-refractivity contribution in [2.75, 3.05) is 36.5 Å². The second-order valence-electron chi connectivity index (χ2n) is 7.04. The van der Waals surface area contributed by atoms with Crippen LogP contribution in [0, 0.1) is 10.1 Å². The van der Waals surface area contributed by atoms with Gasteiger partial charge in [-0.25, -0.2) is 0 Å². The number of nitrogens with one attached hydrogen (secondary N) is 1. The number of morpholine rings is 1. The van der Waals surface area contributed by atoms with E-state index >= 15 is 0 Å². The Morgan fingerprint density at radius 1 is 1.03 bits per heavy atom. The highest BCUT2D eigenvalue weighted by atomic mass is 35.5. The maximum absolute atomic E-state index is 12.9. The molecule has 9 heteroatoms. The van der Waals surface area contributed by atoms with Crippen LogP contribution in [0.5, 0.6) is 11.5 Å². The number of nitro groups is 1. The molecule has 0 spiro atoms. The van der Waals surface area contributed by atoms with Crippen LogP contribution in [0.25, 0.3) is 0 Å². The van der Waals surface area contributed by atoms with Crippen molar-refractivity contribution in [1.82, 2.24) is 0 Å². The van der Waals surface area contributed by atoms with Gasteiger partial charge in [0.05, 0.1) is 28.8 Å². The first kappa shape index (κ1) is 21.6. The number of benzene rings is 3. The van der Waals surface area contributed by atoms with Crippen LogP contribution in [-0.2, 0) is 4.74 Å². The first-order valence-corrected chi connectivity index (χ1v) is 10.3. The van der Waals surface area contributed by atoms with Crippen molar-refractivity contribution in [3.8, 4) is 11.5 Å². The zero-order chi connectivity index (χ0) is 22.5. The summed E-state index contributed by atoms with van der Waals surface area (Å²) in [6, 6.07) is 18.4. The normalized spacial score (nSPS) is 13.5. The Kier molecular flexibility index (Phi) is 6.53. The molecule has 1 aliphatic heterocycles. The van der Waals surface area contributed by atoms with Gasteiger partial charge in [-0.1, -0.05) is 35.9 Å². The minimum atomic E-state index is -0.489. The molecule has 1 saturated heterocycles. The smallest absolute Gasteiger partial charge is 0.293 e. The van der Waals surface area contributed by atoms with Crippen LogP contribution in [0.2, 0.25) is 5.02 Å². The van der Waals surface area contributed by atoms with Crippen molar-refractivity contribution in [3.05, 3.63) is 87.4 Å². The standard InChI is InChI=1S/C23H20ClN3O5/c24-17-5-1-3-7-21(17)32-22-8-4-2-6-18(22)25-23(28)16-9-10-19(20(15-16)27(29)30)26-11-13-31-14-12-26/h1-10,15H,11-14H2,(H,25,28). The van der Waals surface area contributed by atoms with Crippen molar-refractivity contribution in [3.63, 3.8) is 0 Å². The Labute approximate surface area is 189 Å². The van der Waals surface area contributed by atoms with E-state index in [1.165, 1.54) is 6.07 Å². The fourth-order valence-electron chi connectivity index (χ4n) is 3.38. The molecule has 164 valence electrons. The lowest BCUT2D eigenvalue weighted by atomic mass is 10.1. The van der Waals surface area contributed by atoms with Crippen molar-refractivity contribution in [2.45, 2.75) is 0 Å². The van der Waals surface area contributed by atoms with E-state index < -0.39 is 10.8 Å². The molecule has 1 aliphatic rings. The number of hydrogen-bond donors (Lipinski definition) is 1. The van der Waals surface area contributed by atoms with Gasteiger partial charge in [0.25, 0.3) is 11.6 Å². The molecule has 1 fully saturated rings. The van der Waals surface area contributed by atoms with Gasteiger partial charge in [0, 0.05) is 24.7 Å². The van der Waals surface area contributed by atoms with Gasteiger partial charge in [0.15, 0.2) is 5.75 Å². The van der Waals surface area contributed by atoms with E-state index in [0.717, 1.165) is 0 Å². The predicted octanol–water partition coefficient (Wildman–Crippen LogP) is 5.13. The fourth-order valence-corrected chi connectivity index (χ4v) is 3.56. The Morgan fingerprint density at radius 2 is 1.72 bits per heavy atom. The molecule has 0 aromatic heterocycles. The quantitative estimate of drug-likeness (QED) is 0.410. The van der Waals surface area contributed by atoms with Crippen LogP contribution < -0.4 is 15.0 Å². The van der Waals surface area contributed by atoms with Gasteiger partial charge in [-0.3, -0.25) is 14.9 Å². The Balaban J connectivity index is 1.57. The summed E-state index contributed by atoms with van der Waals surface area (Å²) in [6.07, 6.45) is 0. The lowest BCUT2D eigenvalue weighted by Gasteiger charge is -2.28. The van der Waals surface area contributed by atoms with Crippen LogP contribution in [0.3, 0.4) is 0 Å². The molecule has 3 aromatic carbocycles.